The van der Waals surface area contributed by atoms with Gasteiger partial charge in [0.25, 0.3) is 0 Å². The van der Waals surface area contributed by atoms with Crippen LogP contribution in [0.15, 0.2) is 24.3 Å². The van der Waals surface area contributed by atoms with E-state index in [-0.39, 0.29) is 11.4 Å². The predicted octanol–water partition coefficient (Wildman–Crippen LogP) is 2.25. The Kier molecular flexibility index (Phi) is 4.59. The number of nitrogen functional groups attached to an aromatic ring is 1. The second-order valence-electron chi connectivity index (χ2n) is 6.99. The normalized spacial score (nSPS) is 11.2. The van der Waals surface area contributed by atoms with Crippen LogP contribution in [0.25, 0.3) is 33.6 Å². The average molecular weight is 385 g/mol. The molecule has 9 nitrogen and oxygen atoms in total. The van der Waals surface area contributed by atoms with Crippen LogP contribution in [0.1, 0.15) is 17.8 Å². The van der Waals surface area contributed by atoms with Gasteiger partial charge in [-0.25, -0.2) is 15.0 Å². The summed E-state index contributed by atoms with van der Waals surface area (Å²) in [5.41, 5.74) is 9.68. The van der Waals surface area contributed by atoms with Gasteiger partial charge >= 0.3 is 0 Å². The molecule has 0 spiro atoms. The van der Waals surface area contributed by atoms with Crippen LogP contribution < -0.4 is 5.73 Å². The van der Waals surface area contributed by atoms with Gasteiger partial charge in [-0.2, -0.15) is 10.5 Å². The average Bonchev–Trinajstić information content (AvgIpc) is 3.25. The Morgan fingerprint density at radius 2 is 1.83 bits per heavy atom. The summed E-state index contributed by atoms with van der Waals surface area (Å²) in [6.45, 7) is 1.47. The van der Waals surface area contributed by atoms with Crippen molar-refractivity contribution in [2.45, 2.75) is 13.0 Å². The molecule has 9 heteroatoms. The van der Waals surface area contributed by atoms with Crippen molar-refractivity contribution in [2.24, 2.45) is 0 Å². The minimum Gasteiger partial charge on any atom is -0.384 e. The zero-order valence-corrected chi connectivity index (χ0v) is 16.1. The lowest BCUT2D eigenvalue weighted by Crippen LogP contribution is -2.16. The highest BCUT2D eigenvalue weighted by atomic mass is 15.1. The second-order valence-corrected chi connectivity index (χ2v) is 6.99. The maximum Gasteiger partial charge on any atom is 0.179 e. The molecule has 0 aliphatic heterocycles. The van der Waals surface area contributed by atoms with Crippen LogP contribution in [0.3, 0.4) is 0 Å². The number of imidazole rings is 1. The highest BCUT2D eigenvalue weighted by Crippen LogP contribution is 2.35. The molecule has 0 radical (unpaired) electrons. The first kappa shape index (κ1) is 18.4. The number of aromatic amines is 1. The number of hydrogen-bond donors (Lipinski definition) is 2. The maximum atomic E-state index is 9.39. The molecule has 1 aromatic carbocycles. The van der Waals surface area contributed by atoms with Gasteiger partial charge in [0.15, 0.2) is 17.0 Å². The van der Waals surface area contributed by atoms with Crippen LogP contribution in [0.5, 0.6) is 0 Å². The van der Waals surface area contributed by atoms with Crippen molar-refractivity contribution in [1.82, 2.24) is 29.4 Å². The summed E-state index contributed by atoms with van der Waals surface area (Å²) in [6, 6.07) is 11.6. The third-order valence-electron chi connectivity index (χ3n) is 4.74. The smallest absolute Gasteiger partial charge is 0.179 e. The van der Waals surface area contributed by atoms with Crippen LogP contribution in [-0.4, -0.2) is 50.0 Å². The third-order valence-corrected chi connectivity index (χ3v) is 4.74. The van der Waals surface area contributed by atoms with Crippen LogP contribution in [0.2, 0.25) is 0 Å². The fourth-order valence-electron chi connectivity index (χ4n) is 3.38. The van der Waals surface area contributed by atoms with Gasteiger partial charge in [0.05, 0.1) is 16.6 Å². The minimum atomic E-state index is -0.0252. The number of nitrogens with two attached hydrogens (primary N) is 1. The lowest BCUT2D eigenvalue weighted by atomic mass is 10.2. The Bertz CT molecular complexity index is 1260. The molecule has 29 heavy (non-hydrogen) atoms. The molecule has 0 saturated heterocycles. The number of nitrogens with zero attached hydrogens (tertiary/aromatic N) is 7. The molecule has 3 heterocycles. The number of hydrogen-bond acceptors (Lipinski definition) is 7. The third kappa shape index (κ3) is 3.14. The molecule has 0 fully saturated rings. The monoisotopic (exact) mass is 385 g/mol. The summed E-state index contributed by atoms with van der Waals surface area (Å²) >= 11 is 0. The predicted molar refractivity (Wildman–Crippen MR) is 110 cm³/mol. The Morgan fingerprint density at radius 1 is 1.10 bits per heavy atom. The number of benzene rings is 1. The van der Waals surface area contributed by atoms with Gasteiger partial charge in [-0.05, 0) is 39.2 Å². The van der Waals surface area contributed by atoms with Gasteiger partial charge in [-0.1, -0.05) is 12.1 Å². The highest BCUT2D eigenvalue weighted by molar-refractivity contribution is 5.98. The van der Waals surface area contributed by atoms with Gasteiger partial charge in [0, 0.05) is 6.54 Å². The molecule has 4 rings (SSSR count). The number of fused-ring (bicyclic) bond motifs is 2. The molecule has 3 aromatic heterocycles. The molecule has 0 aliphatic carbocycles. The second kappa shape index (κ2) is 7.23. The first-order valence-electron chi connectivity index (χ1n) is 9.13. The van der Waals surface area contributed by atoms with Crippen molar-refractivity contribution >= 4 is 28.0 Å². The van der Waals surface area contributed by atoms with Crippen molar-refractivity contribution in [3.8, 4) is 23.5 Å². The molecular weight excluding hydrogens is 366 g/mol. The molecule has 0 aliphatic rings. The fraction of sp³-hybridized carbons (Fsp3) is 0.250. The Balaban J connectivity index is 1.96. The van der Waals surface area contributed by atoms with Crippen molar-refractivity contribution in [1.29, 1.82) is 10.5 Å². The van der Waals surface area contributed by atoms with Gasteiger partial charge in [-0.3, -0.25) is 0 Å². The van der Waals surface area contributed by atoms with E-state index < -0.39 is 0 Å². The molecule has 0 bridgehead atoms. The number of aromatic nitrogens is 5. The van der Waals surface area contributed by atoms with Crippen molar-refractivity contribution in [3.05, 3.63) is 35.7 Å². The summed E-state index contributed by atoms with van der Waals surface area (Å²) < 4.78 is 1.84. The number of nitrogens with one attached hydrogen (secondary N) is 1. The Hall–Kier alpha value is -3.95. The van der Waals surface area contributed by atoms with Gasteiger partial charge < -0.3 is 20.2 Å². The lowest BCUT2D eigenvalue weighted by Gasteiger charge is -2.11. The molecule has 0 unspecified atom stereocenters. The van der Waals surface area contributed by atoms with Gasteiger partial charge in [0.1, 0.15) is 29.3 Å². The van der Waals surface area contributed by atoms with E-state index in [1.807, 2.05) is 55.1 Å². The van der Waals surface area contributed by atoms with Crippen LogP contribution in [0.4, 0.5) is 5.82 Å². The van der Waals surface area contributed by atoms with Crippen LogP contribution >= 0.6 is 0 Å². The zero-order valence-electron chi connectivity index (χ0n) is 16.1. The number of aryl methyl sites for hydroxylation is 1. The van der Waals surface area contributed by atoms with E-state index in [1.54, 1.807) is 0 Å². The van der Waals surface area contributed by atoms with E-state index in [0.717, 1.165) is 24.0 Å². The van der Waals surface area contributed by atoms with E-state index in [9.17, 15) is 10.5 Å². The lowest BCUT2D eigenvalue weighted by molar-refractivity contribution is 0.388. The van der Waals surface area contributed by atoms with E-state index >= 15 is 0 Å². The number of rotatable bonds is 5. The summed E-state index contributed by atoms with van der Waals surface area (Å²) in [4.78, 5) is 18.8. The number of anilines is 1. The molecule has 144 valence electrons. The number of nitriles is 2. The molecular formula is C20H19N9. The van der Waals surface area contributed by atoms with Crippen molar-refractivity contribution < 1.29 is 0 Å². The van der Waals surface area contributed by atoms with Crippen LogP contribution in [-0.2, 0) is 6.54 Å². The maximum absolute atomic E-state index is 9.39. The fourth-order valence-corrected chi connectivity index (χ4v) is 3.38. The first-order chi connectivity index (χ1) is 14.0. The zero-order chi connectivity index (χ0) is 20.5. The topological polar surface area (TPSA) is 136 Å². The van der Waals surface area contributed by atoms with E-state index in [1.165, 1.54) is 0 Å². The van der Waals surface area contributed by atoms with E-state index in [0.29, 0.717) is 34.9 Å². The van der Waals surface area contributed by atoms with E-state index in [4.69, 9.17) is 5.73 Å². The summed E-state index contributed by atoms with van der Waals surface area (Å²) in [5, 5.41) is 18.8. The SMILES string of the molecule is CN(C)CCCn1c(N)c(-c2nc3ccccc3[nH]2)c2nc(C#N)c(C#N)nc21. The first-order valence-corrected chi connectivity index (χ1v) is 9.13. The van der Waals surface area contributed by atoms with Gasteiger partial charge in [-0.15, -0.1) is 0 Å². The number of H-pyrrole nitrogens is 1. The quantitative estimate of drug-likeness (QED) is 0.537. The van der Waals surface area contributed by atoms with Crippen LogP contribution in [0, 0.1) is 22.7 Å². The number of para-hydroxylation sites is 2. The summed E-state index contributed by atoms with van der Waals surface area (Å²) in [5.74, 6) is 1.01. The minimum absolute atomic E-state index is 0.0116. The Labute approximate surface area is 167 Å². The highest BCUT2D eigenvalue weighted by Gasteiger charge is 2.23. The molecule has 0 atom stereocenters. The van der Waals surface area contributed by atoms with Gasteiger partial charge in [0.2, 0.25) is 0 Å². The molecule has 3 N–H and O–H groups in total. The molecule has 0 amide bonds. The standard InChI is InChI=1S/C20H19N9/c1-28(2)8-5-9-29-18(23)16(19-25-12-6-3-4-7-13(12)26-19)17-20(29)27-15(11-22)14(10-21)24-17/h3-4,6-7H,5,8-9,23H2,1-2H3,(H,25,26). The van der Waals surface area contributed by atoms with Crippen molar-refractivity contribution in [2.75, 3.05) is 26.4 Å². The molecule has 4 aromatic rings. The Morgan fingerprint density at radius 3 is 2.52 bits per heavy atom. The summed E-state index contributed by atoms with van der Waals surface area (Å²) in [7, 11) is 4.01. The van der Waals surface area contributed by atoms with E-state index in [2.05, 4.69) is 24.8 Å². The molecule has 0 saturated carbocycles. The largest absolute Gasteiger partial charge is 0.384 e. The summed E-state index contributed by atoms with van der Waals surface area (Å²) in [6.07, 6.45) is 0.837. The van der Waals surface area contributed by atoms with Crippen molar-refractivity contribution in [3.63, 3.8) is 0 Å².